The van der Waals surface area contributed by atoms with E-state index in [1.807, 2.05) is 25.7 Å². The van der Waals surface area contributed by atoms with Gasteiger partial charge in [-0.2, -0.15) is 13.2 Å². The number of anilines is 1. The Labute approximate surface area is 173 Å². The first-order valence-electron chi connectivity index (χ1n) is 9.99. The number of halogens is 4. The minimum atomic E-state index is -4.69. The Bertz CT molecular complexity index is 825. The van der Waals surface area contributed by atoms with E-state index in [0.717, 1.165) is 25.0 Å². The zero-order valence-electron chi connectivity index (χ0n) is 17.3. The van der Waals surface area contributed by atoms with E-state index in [9.17, 15) is 27.2 Å². The first-order chi connectivity index (χ1) is 13.8. The van der Waals surface area contributed by atoms with Crippen LogP contribution in [-0.2, 0) is 15.8 Å². The Morgan fingerprint density at radius 3 is 2.33 bits per heavy atom. The van der Waals surface area contributed by atoms with Gasteiger partial charge in [-0.3, -0.25) is 14.5 Å². The van der Waals surface area contributed by atoms with Crippen molar-refractivity contribution in [2.45, 2.75) is 51.7 Å². The standard InChI is InChI=1S/C21H27F4N3O2/c1-19(2,3)27-17(29)12-28-6-4-20(5-7-28)11-16(20)18(30)26-15-9-13(21(23,24)25)8-14(22)10-15/h8-10,16H,4-7,11-12H2,1-3H3,(H,26,30)(H,27,29)/t16-/m1/s1. The molecule has 1 aliphatic heterocycles. The molecule has 0 bridgehead atoms. The van der Waals surface area contributed by atoms with E-state index in [1.165, 1.54) is 0 Å². The number of nitrogens with zero attached hydrogens (tertiary/aromatic N) is 1. The molecule has 2 fully saturated rings. The van der Waals surface area contributed by atoms with Crippen molar-refractivity contribution in [3.63, 3.8) is 0 Å². The van der Waals surface area contributed by atoms with Gasteiger partial charge in [0.15, 0.2) is 0 Å². The summed E-state index contributed by atoms with van der Waals surface area (Å²) < 4.78 is 52.1. The highest BCUT2D eigenvalue weighted by Gasteiger charge is 2.58. The lowest BCUT2D eigenvalue weighted by molar-refractivity contribution is -0.137. The molecule has 0 unspecified atom stereocenters. The van der Waals surface area contributed by atoms with Crippen molar-refractivity contribution < 1.29 is 27.2 Å². The lowest BCUT2D eigenvalue weighted by Gasteiger charge is -2.33. The number of hydrogen-bond donors (Lipinski definition) is 2. The van der Waals surface area contributed by atoms with Crippen LogP contribution >= 0.6 is 0 Å². The maximum Gasteiger partial charge on any atom is 0.416 e. The fourth-order valence-electron chi connectivity index (χ4n) is 4.14. The predicted octanol–water partition coefficient (Wildman–Crippen LogP) is 3.80. The molecule has 0 aromatic heterocycles. The number of nitrogens with one attached hydrogen (secondary N) is 2. The minimum Gasteiger partial charge on any atom is -0.350 e. The Balaban J connectivity index is 1.53. The highest BCUT2D eigenvalue weighted by atomic mass is 19.4. The van der Waals surface area contributed by atoms with Gasteiger partial charge < -0.3 is 10.6 Å². The van der Waals surface area contributed by atoms with Gasteiger partial charge in [-0.05, 0) is 76.7 Å². The smallest absolute Gasteiger partial charge is 0.350 e. The highest BCUT2D eigenvalue weighted by molar-refractivity contribution is 5.95. The van der Waals surface area contributed by atoms with Gasteiger partial charge in [-0.25, -0.2) is 4.39 Å². The monoisotopic (exact) mass is 429 g/mol. The van der Waals surface area contributed by atoms with Gasteiger partial charge in [0.2, 0.25) is 11.8 Å². The number of carbonyl (C=O) groups is 2. The molecule has 1 saturated heterocycles. The summed E-state index contributed by atoms with van der Waals surface area (Å²) in [6.07, 6.45) is -2.55. The zero-order chi connectivity index (χ0) is 22.3. The van der Waals surface area contributed by atoms with Crippen LogP contribution in [0.3, 0.4) is 0 Å². The van der Waals surface area contributed by atoms with E-state index < -0.39 is 17.6 Å². The molecule has 1 heterocycles. The summed E-state index contributed by atoms with van der Waals surface area (Å²) in [6.45, 7) is 7.41. The summed E-state index contributed by atoms with van der Waals surface area (Å²) in [6, 6.07) is 2.03. The summed E-state index contributed by atoms with van der Waals surface area (Å²) >= 11 is 0. The normalized spacial score (nSPS) is 21.4. The van der Waals surface area contributed by atoms with Gasteiger partial charge in [-0.1, -0.05) is 0 Å². The summed E-state index contributed by atoms with van der Waals surface area (Å²) in [5, 5.41) is 5.36. The molecule has 166 valence electrons. The highest BCUT2D eigenvalue weighted by Crippen LogP contribution is 2.59. The van der Waals surface area contributed by atoms with Crippen molar-refractivity contribution in [2.24, 2.45) is 11.3 Å². The second-order valence-corrected chi connectivity index (χ2v) is 9.41. The number of hydrogen-bond acceptors (Lipinski definition) is 3. The lowest BCUT2D eigenvalue weighted by Crippen LogP contribution is -2.47. The van der Waals surface area contributed by atoms with Crippen molar-refractivity contribution >= 4 is 17.5 Å². The number of carbonyl (C=O) groups excluding carboxylic acids is 2. The van der Waals surface area contributed by atoms with E-state index in [0.29, 0.717) is 32.1 Å². The molecular formula is C21H27F4N3O2. The topological polar surface area (TPSA) is 61.4 Å². The third-order valence-electron chi connectivity index (χ3n) is 5.73. The van der Waals surface area contributed by atoms with Crippen molar-refractivity contribution in [1.82, 2.24) is 10.2 Å². The van der Waals surface area contributed by atoms with Crippen LogP contribution in [0.25, 0.3) is 0 Å². The van der Waals surface area contributed by atoms with Crippen molar-refractivity contribution in [3.05, 3.63) is 29.6 Å². The lowest BCUT2D eigenvalue weighted by atomic mass is 9.90. The van der Waals surface area contributed by atoms with Crippen LogP contribution in [-0.4, -0.2) is 41.9 Å². The second-order valence-electron chi connectivity index (χ2n) is 9.41. The second kappa shape index (κ2) is 7.83. The molecule has 0 radical (unpaired) electrons. The molecule has 2 amide bonds. The van der Waals surface area contributed by atoms with Crippen LogP contribution < -0.4 is 10.6 Å². The van der Waals surface area contributed by atoms with Gasteiger partial charge in [0.25, 0.3) is 0 Å². The van der Waals surface area contributed by atoms with Crippen molar-refractivity contribution in [2.75, 3.05) is 25.0 Å². The molecule has 2 N–H and O–H groups in total. The van der Waals surface area contributed by atoms with Crippen LogP contribution in [0.1, 0.15) is 45.6 Å². The van der Waals surface area contributed by atoms with Crippen molar-refractivity contribution in [1.29, 1.82) is 0 Å². The Kier molecular flexibility index (Phi) is 5.88. The van der Waals surface area contributed by atoms with Gasteiger partial charge in [0.05, 0.1) is 12.1 Å². The summed E-state index contributed by atoms with van der Waals surface area (Å²) in [4.78, 5) is 26.7. The predicted molar refractivity (Wildman–Crippen MR) is 104 cm³/mol. The largest absolute Gasteiger partial charge is 0.416 e. The SMILES string of the molecule is CC(C)(C)NC(=O)CN1CCC2(CC1)C[C@@H]2C(=O)Nc1cc(F)cc(C(F)(F)F)c1. The van der Waals surface area contributed by atoms with Crippen molar-refractivity contribution in [3.8, 4) is 0 Å². The quantitative estimate of drug-likeness (QED) is 0.716. The molecule has 1 aromatic carbocycles. The summed E-state index contributed by atoms with van der Waals surface area (Å²) in [7, 11) is 0. The maximum atomic E-state index is 13.5. The van der Waals surface area contributed by atoms with E-state index in [2.05, 4.69) is 10.6 Å². The fraction of sp³-hybridized carbons (Fsp3) is 0.619. The zero-order valence-corrected chi connectivity index (χ0v) is 17.3. The Morgan fingerprint density at radius 1 is 1.13 bits per heavy atom. The van der Waals surface area contributed by atoms with Gasteiger partial charge in [0.1, 0.15) is 5.82 Å². The molecule has 1 spiro atoms. The third-order valence-corrected chi connectivity index (χ3v) is 5.73. The molecule has 3 rings (SSSR count). The molecule has 1 aliphatic carbocycles. The summed E-state index contributed by atoms with van der Waals surface area (Å²) in [5.41, 5.74) is -1.80. The molecule has 30 heavy (non-hydrogen) atoms. The average molecular weight is 429 g/mol. The molecule has 1 aromatic rings. The number of benzene rings is 1. The average Bonchev–Trinajstić information content (AvgIpc) is 3.28. The van der Waals surface area contributed by atoms with Crippen LogP contribution in [0.5, 0.6) is 0 Å². The van der Waals surface area contributed by atoms with Crippen LogP contribution in [0.4, 0.5) is 23.2 Å². The van der Waals surface area contributed by atoms with Gasteiger partial charge >= 0.3 is 6.18 Å². The number of piperidine rings is 1. The molecule has 1 saturated carbocycles. The Morgan fingerprint density at radius 2 is 1.77 bits per heavy atom. The number of alkyl halides is 3. The maximum absolute atomic E-state index is 13.5. The molecular weight excluding hydrogens is 402 g/mol. The number of rotatable bonds is 4. The molecule has 5 nitrogen and oxygen atoms in total. The first-order valence-corrected chi connectivity index (χ1v) is 9.99. The number of likely N-dealkylation sites (tertiary alicyclic amines) is 1. The molecule has 1 atom stereocenters. The molecule has 2 aliphatic rings. The Hall–Kier alpha value is -2.16. The van der Waals surface area contributed by atoms with E-state index in [4.69, 9.17) is 0 Å². The first kappa shape index (κ1) is 22.5. The van der Waals surface area contributed by atoms with E-state index >= 15 is 0 Å². The van der Waals surface area contributed by atoms with E-state index in [1.54, 1.807) is 0 Å². The van der Waals surface area contributed by atoms with Gasteiger partial charge in [-0.15, -0.1) is 0 Å². The third kappa shape index (κ3) is 5.50. The van der Waals surface area contributed by atoms with Gasteiger partial charge in [0, 0.05) is 17.1 Å². The minimum absolute atomic E-state index is 0.0462. The van der Waals surface area contributed by atoms with Crippen LogP contribution in [0, 0.1) is 17.2 Å². The molecule has 9 heteroatoms. The van der Waals surface area contributed by atoms with Crippen LogP contribution in [0.2, 0.25) is 0 Å². The van der Waals surface area contributed by atoms with Crippen LogP contribution in [0.15, 0.2) is 18.2 Å². The summed E-state index contributed by atoms with van der Waals surface area (Å²) in [5.74, 6) is -1.78. The van der Waals surface area contributed by atoms with E-state index in [-0.39, 0.29) is 34.4 Å². The number of amides is 2. The fourth-order valence-corrected chi connectivity index (χ4v) is 4.14.